The Hall–Kier alpha value is -3.46. The minimum absolute atomic E-state index is 0.0841. The lowest BCUT2D eigenvalue weighted by atomic mass is 9.49. The van der Waals surface area contributed by atoms with E-state index >= 15 is 0 Å². The molecule has 0 atom stereocenters. The van der Waals surface area contributed by atoms with E-state index in [-0.39, 0.29) is 35.5 Å². The molecule has 3 aromatic rings. The molecule has 2 aromatic carbocycles. The molecule has 0 unspecified atom stereocenters. The number of ether oxygens (including phenoxy) is 1. The fraction of sp³-hybridized carbons (Fsp3) is 0.429. The third kappa shape index (κ3) is 6.30. The Bertz CT molecular complexity index is 1530. The Balaban J connectivity index is 1.37. The van der Waals surface area contributed by atoms with Gasteiger partial charge in [-0.15, -0.1) is 5.10 Å². The van der Waals surface area contributed by atoms with Crippen molar-refractivity contribution in [2.24, 2.45) is 10.8 Å². The Kier molecular flexibility index (Phi) is 8.26. The average molecular weight is 586 g/mol. The number of carbonyl (C=O) groups is 1. The molecule has 1 N–H and O–H groups in total. The van der Waals surface area contributed by atoms with Crippen LogP contribution in [-0.2, 0) is 20.7 Å². The van der Waals surface area contributed by atoms with Gasteiger partial charge in [0.15, 0.2) is 0 Å². The SMILES string of the molecule is CC1(C)[C@H](NC(=O)c2ccc(-n3cc(CCCOS(C)(=O)=O)nn3)cc2)C(C)(C)[C@H]1Oc1ccc(C#N)c(Cl)c1. The number of aryl methyl sites for hydroxylation is 1. The van der Waals surface area contributed by atoms with E-state index < -0.39 is 10.1 Å². The van der Waals surface area contributed by atoms with Gasteiger partial charge in [0, 0.05) is 28.5 Å². The highest BCUT2D eigenvalue weighted by Crippen LogP contribution is 2.55. The first-order valence-electron chi connectivity index (χ1n) is 12.8. The van der Waals surface area contributed by atoms with E-state index in [4.69, 9.17) is 25.8 Å². The second-order valence-electron chi connectivity index (χ2n) is 11.1. The number of amides is 1. The average Bonchev–Trinajstić information content (AvgIpc) is 3.36. The van der Waals surface area contributed by atoms with Gasteiger partial charge >= 0.3 is 0 Å². The topological polar surface area (TPSA) is 136 Å². The van der Waals surface area contributed by atoms with Crippen LogP contribution in [0.2, 0.25) is 5.02 Å². The van der Waals surface area contributed by atoms with Gasteiger partial charge in [-0.3, -0.25) is 8.98 Å². The maximum Gasteiger partial charge on any atom is 0.264 e. The fourth-order valence-corrected chi connectivity index (χ4v) is 6.21. The number of halogens is 1. The highest BCUT2D eigenvalue weighted by atomic mass is 35.5. The van der Waals surface area contributed by atoms with Gasteiger partial charge in [0.05, 0.1) is 41.0 Å². The first-order chi connectivity index (χ1) is 18.7. The number of rotatable bonds is 10. The van der Waals surface area contributed by atoms with Gasteiger partial charge in [0.25, 0.3) is 16.0 Å². The molecule has 1 fully saturated rings. The van der Waals surface area contributed by atoms with Gasteiger partial charge in [-0.05, 0) is 49.2 Å². The van der Waals surface area contributed by atoms with Crippen molar-refractivity contribution in [1.29, 1.82) is 5.26 Å². The number of aromatic nitrogens is 3. The summed E-state index contributed by atoms with van der Waals surface area (Å²) in [5.74, 6) is 0.386. The molecule has 1 aliphatic carbocycles. The van der Waals surface area contributed by atoms with Crippen LogP contribution in [0.3, 0.4) is 0 Å². The molecule has 12 heteroatoms. The van der Waals surface area contributed by atoms with Crippen LogP contribution in [0.5, 0.6) is 5.75 Å². The quantitative estimate of drug-likeness (QED) is 0.274. The van der Waals surface area contributed by atoms with Crippen molar-refractivity contribution in [2.45, 2.75) is 52.7 Å². The molecule has 0 radical (unpaired) electrons. The Morgan fingerprint density at radius 3 is 2.42 bits per heavy atom. The standard InChI is InChI=1S/C28H32ClN5O5S/c1-27(2)25(28(3,4)26(27)39-22-13-10-19(16-30)23(29)15-22)31-24(35)18-8-11-21(12-9-18)34-17-20(32-33-34)7-6-14-38-40(5,36)37/h8-13,15,17,25-26H,6-7,14H2,1-5H3,(H,31,35)/t25-,26-. The predicted octanol–water partition coefficient (Wildman–Crippen LogP) is 4.31. The number of hydrogen-bond acceptors (Lipinski definition) is 8. The number of carbonyl (C=O) groups excluding carboxylic acids is 1. The zero-order valence-electron chi connectivity index (χ0n) is 23.0. The molecule has 1 heterocycles. The minimum Gasteiger partial charge on any atom is -0.489 e. The third-order valence-corrected chi connectivity index (χ3v) is 8.15. The lowest BCUT2D eigenvalue weighted by Crippen LogP contribution is -2.74. The van der Waals surface area contributed by atoms with E-state index in [9.17, 15) is 13.2 Å². The van der Waals surface area contributed by atoms with E-state index in [1.54, 1.807) is 53.3 Å². The second kappa shape index (κ2) is 11.2. The molecule has 40 heavy (non-hydrogen) atoms. The van der Waals surface area contributed by atoms with Gasteiger partial charge < -0.3 is 10.1 Å². The number of nitriles is 1. The number of benzene rings is 2. The van der Waals surface area contributed by atoms with Crippen molar-refractivity contribution in [2.75, 3.05) is 12.9 Å². The summed E-state index contributed by atoms with van der Waals surface area (Å²) in [6.07, 6.45) is 3.59. The molecule has 10 nitrogen and oxygen atoms in total. The van der Waals surface area contributed by atoms with Crippen LogP contribution in [0.15, 0.2) is 48.7 Å². The van der Waals surface area contributed by atoms with Gasteiger partial charge in [0.1, 0.15) is 17.9 Å². The van der Waals surface area contributed by atoms with Crippen molar-refractivity contribution in [3.8, 4) is 17.5 Å². The lowest BCUT2D eigenvalue weighted by Gasteiger charge is -2.63. The third-order valence-electron chi connectivity index (χ3n) is 7.24. The summed E-state index contributed by atoms with van der Waals surface area (Å²) in [4.78, 5) is 13.2. The number of nitrogens with one attached hydrogen (secondary N) is 1. The van der Waals surface area contributed by atoms with Gasteiger partial charge in [-0.1, -0.05) is 44.5 Å². The Labute approximate surface area is 239 Å². The summed E-state index contributed by atoms with van der Waals surface area (Å²) in [6, 6.07) is 13.9. The summed E-state index contributed by atoms with van der Waals surface area (Å²) < 4.78 is 34.8. The van der Waals surface area contributed by atoms with E-state index in [1.165, 1.54) is 0 Å². The number of hydrogen-bond donors (Lipinski definition) is 1. The van der Waals surface area contributed by atoms with Crippen LogP contribution in [0.25, 0.3) is 5.69 Å². The van der Waals surface area contributed by atoms with Gasteiger partial charge in [-0.25, -0.2) is 4.68 Å². The minimum atomic E-state index is -3.46. The first kappa shape index (κ1) is 29.5. The van der Waals surface area contributed by atoms with Crippen molar-refractivity contribution in [3.63, 3.8) is 0 Å². The molecule has 1 aromatic heterocycles. The molecule has 0 saturated heterocycles. The Morgan fingerprint density at radius 1 is 1.15 bits per heavy atom. The summed E-state index contributed by atoms with van der Waals surface area (Å²) in [5, 5.41) is 20.9. The van der Waals surface area contributed by atoms with Crippen LogP contribution in [0, 0.1) is 22.2 Å². The molecule has 0 aliphatic heterocycles. The molecule has 4 rings (SSSR count). The monoisotopic (exact) mass is 585 g/mol. The second-order valence-corrected chi connectivity index (χ2v) is 13.2. The molecular weight excluding hydrogens is 554 g/mol. The molecule has 1 aliphatic rings. The molecule has 0 bridgehead atoms. The normalized spacial score (nSPS) is 19.3. The number of nitrogens with zero attached hydrogens (tertiary/aromatic N) is 4. The van der Waals surface area contributed by atoms with Crippen LogP contribution >= 0.6 is 11.6 Å². The van der Waals surface area contributed by atoms with Crippen LogP contribution < -0.4 is 10.1 Å². The summed E-state index contributed by atoms with van der Waals surface area (Å²) in [7, 11) is -3.46. The maximum absolute atomic E-state index is 13.2. The van der Waals surface area contributed by atoms with E-state index in [0.717, 1.165) is 11.9 Å². The van der Waals surface area contributed by atoms with Crippen molar-refractivity contribution < 1.29 is 22.1 Å². The van der Waals surface area contributed by atoms with Crippen LogP contribution in [-0.4, -0.2) is 54.3 Å². The van der Waals surface area contributed by atoms with Crippen molar-refractivity contribution >= 4 is 27.6 Å². The summed E-state index contributed by atoms with van der Waals surface area (Å²) in [6.45, 7) is 8.30. The van der Waals surface area contributed by atoms with E-state index in [2.05, 4.69) is 43.3 Å². The smallest absolute Gasteiger partial charge is 0.264 e. The molecule has 1 saturated carbocycles. The molecular formula is C28H32ClN5O5S. The van der Waals surface area contributed by atoms with Gasteiger partial charge in [-0.2, -0.15) is 13.7 Å². The van der Waals surface area contributed by atoms with Crippen LogP contribution in [0.1, 0.15) is 55.7 Å². The zero-order chi connectivity index (χ0) is 29.3. The largest absolute Gasteiger partial charge is 0.489 e. The summed E-state index contributed by atoms with van der Waals surface area (Å²) >= 11 is 6.18. The highest BCUT2D eigenvalue weighted by molar-refractivity contribution is 7.85. The molecule has 0 spiro atoms. The van der Waals surface area contributed by atoms with Crippen LogP contribution in [0.4, 0.5) is 0 Å². The zero-order valence-corrected chi connectivity index (χ0v) is 24.6. The van der Waals surface area contributed by atoms with Crippen molar-refractivity contribution in [1.82, 2.24) is 20.3 Å². The molecule has 212 valence electrons. The van der Waals surface area contributed by atoms with E-state index in [1.807, 2.05) is 6.07 Å². The predicted molar refractivity (Wildman–Crippen MR) is 150 cm³/mol. The maximum atomic E-state index is 13.2. The molecule has 1 amide bonds. The Morgan fingerprint density at radius 2 is 1.82 bits per heavy atom. The summed E-state index contributed by atoms with van der Waals surface area (Å²) in [5.41, 5.74) is 1.59. The van der Waals surface area contributed by atoms with Crippen molar-refractivity contribution in [3.05, 3.63) is 70.5 Å². The van der Waals surface area contributed by atoms with Gasteiger partial charge in [0.2, 0.25) is 0 Å². The fourth-order valence-electron chi connectivity index (χ4n) is 5.58. The lowest BCUT2D eigenvalue weighted by molar-refractivity contribution is -0.164. The van der Waals surface area contributed by atoms with E-state index in [0.29, 0.717) is 40.4 Å². The first-order valence-corrected chi connectivity index (χ1v) is 14.9. The highest BCUT2D eigenvalue weighted by Gasteiger charge is 2.64.